The molecule has 0 bridgehead atoms. The summed E-state index contributed by atoms with van der Waals surface area (Å²) >= 11 is 3.56. The summed E-state index contributed by atoms with van der Waals surface area (Å²) < 4.78 is 3.22. The second kappa shape index (κ2) is 8.35. The van der Waals surface area contributed by atoms with E-state index in [1.165, 1.54) is 0 Å². The SMILES string of the molecule is CC[C@H](C(=O)N1CCN(c2nc3cc(Br)ccc3n3cccc23)CC1)c1ccccc1. The molecule has 1 amide bonds. The van der Waals surface area contributed by atoms with Gasteiger partial charge in [0, 0.05) is 36.8 Å². The Bertz CT molecular complexity index is 1230. The molecule has 1 aliphatic heterocycles. The van der Waals surface area contributed by atoms with E-state index in [-0.39, 0.29) is 11.8 Å². The summed E-state index contributed by atoms with van der Waals surface area (Å²) in [6.07, 6.45) is 2.90. The molecule has 3 heterocycles. The number of amides is 1. The zero-order chi connectivity index (χ0) is 21.4. The van der Waals surface area contributed by atoms with Crippen LogP contribution in [0.1, 0.15) is 24.8 Å². The molecular formula is C25H25BrN4O. The topological polar surface area (TPSA) is 40.9 Å². The van der Waals surface area contributed by atoms with E-state index >= 15 is 0 Å². The van der Waals surface area contributed by atoms with Crippen molar-refractivity contribution in [1.82, 2.24) is 14.3 Å². The Morgan fingerprint density at radius 2 is 1.77 bits per heavy atom. The van der Waals surface area contributed by atoms with Gasteiger partial charge in [0.05, 0.1) is 22.5 Å². The molecule has 1 saturated heterocycles. The molecule has 2 aromatic heterocycles. The van der Waals surface area contributed by atoms with Crippen LogP contribution in [0.25, 0.3) is 16.6 Å². The molecule has 0 saturated carbocycles. The van der Waals surface area contributed by atoms with Crippen molar-refractivity contribution >= 4 is 44.2 Å². The van der Waals surface area contributed by atoms with E-state index in [4.69, 9.17) is 4.98 Å². The number of halogens is 1. The first-order chi connectivity index (χ1) is 15.2. The fourth-order valence-corrected chi connectivity index (χ4v) is 4.91. The van der Waals surface area contributed by atoms with Crippen molar-refractivity contribution in [3.05, 3.63) is 76.9 Å². The predicted octanol–water partition coefficient (Wildman–Crippen LogP) is 5.09. The number of nitrogens with zero attached hydrogens (tertiary/aromatic N) is 4. The normalized spacial score (nSPS) is 15.5. The highest BCUT2D eigenvalue weighted by molar-refractivity contribution is 9.10. The largest absolute Gasteiger partial charge is 0.351 e. The molecule has 4 aromatic rings. The Kier molecular flexibility index (Phi) is 5.40. The smallest absolute Gasteiger partial charge is 0.230 e. The predicted molar refractivity (Wildman–Crippen MR) is 129 cm³/mol. The van der Waals surface area contributed by atoms with Gasteiger partial charge in [0.1, 0.15) is 0 Å². The Labute approximate surface area is 190 Å². The molecule has 0 radical (unpaired) electrons. The molecule has 0 aliphatic carbocycles. The van der Waals surface area contributed by atoms with Gasteiger partial charge in [-0.15, -0.1) is 0 Å². The standard InChI is InChI=1S/C25H25BrN4O/c1-2-20(18-7-4-3-5-8-18)25(31)29-15-13-28(14-16-29)24-23-9-6-12-30(23)22-11-10-19(26)17-21(22)27-24/h3-12,17,20H,2,13-16H2,1H3/t20-/m0/s1. The number of carbonyl (C=O) groups excluding carboxylic acids is 1. The Balaban J connectivity index is 1.38. The number of rotatable bonds is 4. The minimum absolute atomic E-state index is 0.0683. The molecule has 5 nitrogen and oxygen atoms in total. The quantitative estimate of drug-likeness (QED) is 0.411. The monoisotopic (exact) mass is 476 g/mol. The molecule has 0 spiro atoms. The summed E-state index contributed by atoms with van der Waals surface area (Å²) in [5.41, 5.74) is 4.26. The van der Waals surface area contributed by atoms with E-state index in [2.05, 4.69) is 74.7 Å². The van der Waals surface area contributed by atoms with Crippen molar-refractivity contribution in [1.29, 1.82) is 0 Å². The van der Waals surface area contributed by atoms with Gasteiger partial charge in [-0.3, -0.25) is 4.79 Å². The van der Waals surface area contributed by atoms with Crippen molar-refractivity contribution in [3.8, 4) is 0 Å². The van der Waals surface area contributed by atoms with Crippen LogP contribution in [0.2, 0.25) is 0 Å². The first kappa shape index (κ1) is 20.1. The van der Waals surface area contributed by atoms with Crippen molar-refractivity contribution in [3.63, 3.8) is 0 Å². The van der Waals surface area contributed by atoms with Gasteiger partial charge in [-0.05, 0) is 42.3 Å². The maximum atomic E-state index is 13.2. The number of carbonyl (C=O) groups is 1. The minimum atomic E-state index is -0.0683. The summed E-state index contributed by atoms with van der Waals surface area (Å²) in [6, 6.07) is 20.5. The summed E-state index contributed by atoms with van der Waals surface area (Å²) in [7, 11) is 0. The van der Waals surface area contributed by atoms with E-state index in [1.807, 2.05) is 29.2 Å². The zero-order valence-electron chi connectivity index (χ0n) is 17.5. The van der Waals surface area contributed by atoms with Crippen LogP contribution in [0.3, 0.4) is 0 Å². The van der Waals surface area contributed by atoms with Gasteiger partial charge < -0.3 is 14.2 Å². The Morgan fingerprint density at radius 3 is 2.52 bits per heavy atom. The molecule has 6 heteroatoms. The van der Waals surface area contributed by atoms with Gasteiger partial charge in [-0.1, -0.05) is 53.2 Å². The van der Waals surface area contributed by atoms with Crippen LogP contribution in [-0.4, -0.2) is 46.4 Å². The van der Waals surface area contributed by atoms with Crippen LogP contribution < -0.4 is 4.90 Å². The second-order valence-electron chi connectivity index (χ2n) is 8.02. The number of hydrogen-bond acceptors (Lipinski definition) is 3. The maximum Gasteiger partial charge on any atom is 0.230 e. The van der Waals surface area contributed by atoms with Crippen LogP contribution in [-0.2, 0) is 4.79 Å². The molecule has 2 aromatic carbocycles. The summed E-state index contributed by atoms with van der Waals surface area (Å²) in [4.78, 5) is 22.6. The van der Waals surface area contributed by atoms with Crippen LogP contribution in [0.5, 0.6) is 0 Å². The van der Waals surface area contributed by atoms with Crippen molar-refractivity contribution in [2.75, 3.05) is 31.1 Å². The summed E-state index contributed by atoms with van der Waals surface area (Å²) in [6.45, 7) is 5.08. The molecule has 0 unspecified atom stereocenters. The first-order valence-electron chi connectivity index (χ1n) is 10.8. The van der Waals surface area contributed by atoms with Crippen molar-refractivity contribution < 1.29 is 4.79 Å². The number of fused-ring (bicyclic) bond motifs is 3. The van der Waals surface area contributed by atoms with E-state index in [1.54, 1.807) is 0 Å². The first-order valence-corrected chi connectivity index (χ1v) is 11.6. The number of hydrogen-bond donors (Lipinski definition) is 0. The van der Waals surface area contributed by atoms with E-state index in [9.17, 15) is 4.79 Å². The van der Waals surface area contributed by atoms with Crippen LogP contribution in [0.4, 0.5) is 5.82 Å². The average Bonchev–Trinajstić information content (AvgIpc) is 3.30. The molecule has 31 heavy (non-hydrogen) atoms. The van der Waals surface area contributed by atoms with Crippen LogP contribution >= 0.6 is 15.9 Å². The van der Waals surface area contributed by atoms with E-state index < -0.39 is 0 Å². The minimum Gasteiger partial charge on any atom is -0.351 e. The lowest BCUT2D eigenvalue weighted by molar-refractivity contribution is -0.133. The number of benzene rings is 2. The lowest BCUT2D eigenvalue weighted by Gasteiger charge is -2.37. The zero-order valence-corrected chi connectivity index (χ0v) is 19.1. The molecule has 1 aliphatic rings. The highest BCUT2D eigenvalue weighted by Crippen LogP contribution is 2.29. The van der Waals surface area contributed by atoms with Gasteiger partial charge in [0.25, 0.3) is 0 Å². The third-order valence-corrected chi connectivity index (χ3v) is 6.69. The Hall–Kier alpha value is -2.86. The lowest BCUT2D eigenvalue weighted by atomic mass is 9.95. The molecule has 0 N–H and O–H groups in total. The van der Waals surface area contributed by atoms with Crippen molar-refractivity contribution in [2.45, 2.75) is 19.3 Å². The average molecular weight is 477 g/mol. The number of piperazine rings is 1. The fourth-order valence-electron chi connectivity index (χ4n) is 4.56. The number of anilines is 1. The van der Waals surface area contributed by atoms with Gasteiger partial charge in [-0.2, -0.15) is 0 Å². The highest BCUT2D eigenvalue weighted by atomic mass is 79.9. The van der Waals surface area contributed by atoms with Crippen molar-refractivity contribution in [2.24, 2.45) is 0 Å². The summed E-state index contributed by atoms with van der Waals surface area (Å²) in [5, 5.41) is 0. The third kappa shape index (κ3) is 3.69. The maximum absolute atomic E-state index is 13.2. The van der Waals surface area contributed by atoms with Gasteiger partial charge >= 0.3 is 0 Å². The molecular weight excluding hydrogens is 452 g/mol. The molecule has 1 atom stereocenters. The Morgan fingerprint density at radius 1 is 1.00 bits per heavy atom. The fraction of sp³-hybridized carbons (Fsp3) is 0.280. The second-order valence-corrected chi connectivity index (χ2v) is 8.93. The van der Waals surface area contributed by atoms with E-state index in [0.717, 1.165) is 51.9 Å². The van der Waals surface area contributed by atoms with Crippen LogP contribution in [0.15, 0.2) is 71.3 Å². The third-order valence-electron chi connectivity index (χ3n) is 6.20. The van der Waals surface area contributed by atoms with E-state index in [0.29, 0.717) is 13.1 Å². The van der Waals surface area contributed by atoms with Gasteiger partial charge in [-0.25, -0.2) is 4.98 Å². The lowest BCUT2D eigenvalue weighted by Crippen LogP contribution is -2.50. The summed E-state index contributed by atoms with van der Waals surface area (Å²) in [5.74, 6) is 1.15. The number of aromatic nitrogens is 2. The molecule has 1 fully saturated rings. The van der Waals surface area contributed by atoms with Crippen LogP contribution in [0, 0.1) is 0 Å². The van der Waals surface area contributed by atoms with Gasteiger partial charge in [0.15, 0.2) is 5.82 Å². The molecule has 5 rings (SSSR count). The van der Waals surface area contributed by atoms with Gasteiger partial charge in [0.2, 0.25) is 5.91 Å². The highest BCUT2D eigenvalue weighted by Gasteiger charge is 2.28. The molecule has 158 valence electrons.